The number of alkyl halides is 3. The number of anilines is 3. The van der Waals surface area contributed by atoms with Crippen LogP contribution in [0.5, 0.6) is 0 Å². The van der Waals surface area contributed by atoms with Crippen molar-refractivity contribution in [3.63, 3.8) is 0 Å². The zero-order valence-electron chi connectivity index (χ0n) is 26.9. The van der Waals surface area contributed by atoms with Crippen LogP contribution in [0, 0.1) is 0 Å². The molecule has 3 aliphatic heterocycles. The van der Waals surface area contributed by atoms with Gasteiger partial charge in [-0.15, -0.1) is 0 Å². The molecule has 2 unspecified atom stereocenters. The molecule has 5 heterocycles. The van der Waals surface area contributed by atoms with Crippen LogP contribution in [0.15, 0.2) is 65.8 Å². The smallest absolute Gasteiger partial charge is 0.357 e. The Balaban J connectivity index is 1.41. The normalized spacial score (nSPS) is 22.1. The van der Waals surface area contributed by atoms with Gasteiger partial charge in [-0.05, 0) is 98.2 Å². The van der Waals surface area contributed by atoms with E-state index in [1.165, 1.54) is 0 Å². The number of benzene rings is 1. The molecule has 10 nitrogen and oxygen atoms in total. The van der Waals surface area contributed by atoms with E-state index in [0.29, 0.717) is 0 Å². The summed E-state index contributed by atoms with van der Waals surface area (Å²) in [5.74, 6) is -0.206. The van der Waals surface area contributed by atoms with Gasteiger partial charge in [0.1, 0.15) is 17.2 Å². The molecule has 3 saturated heterocycles. The average molecular weight is 685 g/mol. The summed E-state index contributed by atoms with van der Waals surface area (Å²) >= 11 is 0. The second kappa shape index (κ2) is 13.0. The number of nitrogens with zero attached hydrogens (tertiary/aromatic N) is 5. The maximum absolute atomic E-state index is 14.8. The highest BCUT2D eigenvalue weighted by Crippen LogP contribution is 2.46. The maximum atomic E-state index is 14.8. The number of pyridine rings is 2. The number of sulfone groups is 1. The van der Waals surface area contributed by atoms with Gasteiger partial charge in [-0.3, -0.25) is 4.79 Å². The molecule has 3 amide bonds. The Hall–Kier alpha value is -4.20. The summed E-state index contributed by atoms with van der Waals surface area (Å²) in [5.41, 5.74) is -5.51. The minimum absolute atomic E-state index is 0.0487. The summed E-state index contributed by atoms with van der Waals surface area (Å²) in [5, 5.41) is 3.00. The first-order valence-electron chi connectivity index (χ1n) is 16.3. The molecule has 3 aromatic rings. The van der Waals surface area contributed by atoms with E-state index >= 15 is 0 Å². The molecule has 1 N–H and O–H groups in total. The first kappa shape index (κ1) is 33.7. The van der Waals surface area contributed by atoms with Gasteiger partial charge in [0.25, 0.3) is 15.7 Å². The van der Waals surface area contributed by atoms with E-state index in [1.54, 1.807) is 12.4 Å². The number of rotatable bonds is 8. The van der Waals surface area contributed by atoms with Crippen LogP contribution in [0.4, 0.5) is 35.3 Å². The van der Waals surface area contributed by atoms with Gasteiger partial charge in [-0.1, -0.05) is 13.8 Å². The van der Waals surface area contributed by atoms with E-state index in [9.17, 15) is 31.2 Å². The lowest BCUT2D eigenvalue weighted by atomic mass is 9.70. The summed E-state index contributed by atoms with van der Waals surface area (Å²) in [6.07, 6.45) is 9.91. The highest BCUT2D eigenvalue weighted by atomic mass is 32.2. The summed E-state index contributed by atoms with van der Waals surface area (Å²) in [7, 11) is -5.62. The van der Waals surface area contributed by atoms with Gasteiger partial charge in [0, 0.05) is 50.4 Å². The molecule has 0 bridgehead atoms. The molecule has 1 aromatic carbocycles. The maximum Gasteiger partial charge on any atom is 0.501 e. The highest BCUT2D eigenvalue weighted by molar-refractivity contribution is 7.92. The fourth-order valence-corrected chi connectivity index (χ4v) is 7.95. The topological polar surface area (TPSA) is 116 Å². The second-order valence-corrected chi connectivity index (χ2v) is 14.8. The van der Waals surface area contributed by atoms with E-state index in [0.717, 1.165) is 117 Å². The third kappa shape index (κ3) is 5.99. The predicted molar refractivity (Wildman–Crippen MR) is 176 cm³/mol. The quantitative estimate of drug-likeness (QED) is 0.281. The third-order valence-corrected chi connectivity index (χ3v) is 11.6. The Bertz CT molecular complexity index is 1710. The Kier molecular flexibility index (Phi) is 9.14. The fraction of sp³-hybridized carbons (Fsp3) is 0.471. The SMILES string of the molecule is CC(c1ccnc(N2CCCCC2)c1)C1(C(C)c2ccnc(N3CCCCC3)c2)NC(=O)N(c2ccc(S(=O)(=O)C(F)(F)F)cc2)C1=O. The fourth-order valence-electron chi connectivity index (χ4n) is 7.19. The molecule has 3 aliphatic rings. The number of amides is 3. The molecule has 2 atom stereocenters. The van der Waals surface area contributed by atoms with E-state index in [2.05, 4.69) is 25.1 Å². The molecule has 0 spiro atoms. The molecular formula is C34H39F3N6O4S. The van der Waals surface area contributed by atoms with E-state index in [4.69, 9.17) is 0 Å². The van der Waals surface area contributed by atoms with E-state index in [-0.39, 0.29) is 5.69 Å². The lowest BCUT2D eigenvalue weighted by Gasteiger charge is -2.39. The molecule has 2 aromatic heterocycles. The molecule has 6 rings (SSSR count). The number of urea groups is 1. The number of carbonyl (C=O) groups excluding carboxylic acids is 2. The molecule has 0 radical (unpaired) electrons. The first-order chi connectivity index (χ1) is 22.8. The van der Waals surface area contributed by atoms with Gasteiger partial charge in [-0.2, -0.15) is 13.2 Å². The minimum atomic E-state index is -5.62. The zero-order chi connectivity index (χ0) is 34.3. The number of hydrogen-bond acceptors (Lipinski definition) is 8. The minimum Gasteiger partial charge on any atom is -0.357 e. The summed E-state index contributed by atoms with van der Waals surface area (Å²) in [6, 6.07) is 10.4. The van der Waals surface area contributed by atoms with E-state index in [1.807, 2.05) is 38.1 Å². The van der Waals surface area contributed by atoms with Gasteiger partial charge in [-0.25, -0.2) is 28.1 Å². The molecule has 14 heteroatoms. The van der Waals surface area contributed by atoms with Gasteiger partial charge >= 0.3 is 11.5 Å². The Labute approximate surface area is 278 Å². The van der Waals surface area contributed by atoms with Crippen LogP contribution < -0.4 is 20.0 Å². The molecule has 3 fully saturated rings. The van der Waals surface area contributed by atoms with Crippen LogP contribution in [0.25, 0.3) is 0 Å². The van der Waals surface area contributed by atoms with Gasteiger partial charge in [0.2, 0.25) is 0 Å². The van der Waals surface area contributed by atoms with Crippen molar-refractivity contribution in [1.82, 2.24) is 15.3 Å². The summed E-state index contributed by atoms with van der Waals surface area (Å²) in [4.78, 5) is 42.1. The van der Waals surface area contributed by atoms with Crippen molar-refractivity contribution in [2.24, 2.45) is 0 Å². The Morgan fingerprint density at radius 2 is 1.21 bits per heavy atom. The lowest BCUT2D eigenvalue weighted by molar-refractivity contribution is -0.123. The van der Waals surface area contributed by atoms with Gasteiger partial charge in [0.15, 0.2) is 0 Å². The average Bonchev–Trinajstić information content (AvgIpc) is 3.38. The molecule has 48 heavy (non-hydrogen) atoms. The van der Waals surface area contributed by atoms with Crippen LogP contribution in [-0.4, -0.2) is 67.6 Å². The second-order valence-electron chi connectivity index (χ2n) is 12.8. The number of carbonyl (C=O) groups is 2. The first-order valence-corrected chi connectivity index (χ1v) is 17.8. The number of aromatic nitrogens is 2. The van der Waals surface area contributed by atoms with Crippen LogP contribution in [0.1, 0.15) is 75.3 Å². The van der Waals surface area contributed by atoms with Crippen LogP contribution in [0.2, 0.25) is 0 Å². The van der Waals surface area contributed by atoms with Crippen molar-refractivity contribution in [2.45, 2.75) is 80.2 Å². The van der Waals surface area contributed by atoms with Crippen molar-refractivity contribution in [3.8, 4) is 0 Å². The van der Waals surface area contributed by atoms with Crippen molar-refractivity contribution < 1.29 is 31.2 Å². The molecule has 0 saturated carbocycles. The van der Waals surface area contributed by atoms with Crippen LogP contribution in [-0.2, 0) is 14.6 Å². The number of hydrogen-bond donors (Lipinski definition) is 1. The number of halogens is 3. The van der Waals surface area contributed by atoms with Crippen molar-refractivity contribution in [1.29, 1.82) is 0 Å². The highest BCUT2D eigenvalue weighted by Gasteiger charge is 2.59. The summed E-state index contributed by atoms with van der Waals surface area (Å²) < 4.78 is 63.6. The zero-order valence-corrected chi connectivity index (χ0v) is 27.7. The predicted octanol–water partition coefficient (Wildman–Crippen LogP) is 6.15. The molecular weight excluding hydrogens is 645 g/mol. The van der Waals surface area contributed by atoms with Crippen LogP contribution >= 0.6 is 0 Å². The standard InChI is InChI=1S/C34H39F3N6O4S/c1-23(25-13-15-38-29(21-25)41-17-5-3-6-18-41)33(24(2)26-14-16-39-30(22-26)42-19-7-4-8-20-42)31(44)43(32(45)40-33)27-9-11-28(12-10-27)48(46,47)34(35,36)37/h9-16,21-24H,3-8,17-20H2,1-2H3,(H,40,45). The Morgan fingerprint density at radius 1 is 0.750 bits per heavy atom. The van der Waals surface area contributed by atoms with Crippen LogP contribution in [0.3, 0.4) is 0 Å². The number of piperidine rings is 2. The van der Waals surface area contributed by atoms with Crippen molar-refractivity contribution in [3.05, 3.63) is 72.1 Å². The van der Waals surface area contributed by atoms with E-state index < -0.39 is 49.6 Å². The number of imide groups is 1. The van der Waals surface area contributed by atoms with Crippen molar-refractivity contribution in [2.75, 3.05) is 40.9 Å². The van der Waals surface area contributed by atoms with Gasteiger partial charge < -0.3 is 15.1 Å². The number of nitrogens with one attached hydrogen (secondary N) is 1. The lowest BCUT2D eigenvalue weighted by Crippen LogP contribution is -2.55. The third-order valence-electron chi connectivity index (χ3n) is 10.0. The van der Waals surface area contributed by atoms with Crippen molar-refractivity contribution >= 4 is 39.1 Å². The Morgan fingerprint density at radius 3 is 1.65 bits per heavy atom. The van der Waals surface area contributed by atoms with Gasteiger partial charge in [0.05, 0.1) is 10.6 Å². The molecule has 256 valence electrons. The monoisotopic (exact) mass is 684 g/mol. The molecule has 0 aliphatic carbocycles. The largest absolute Gasteiger partial charge is 0.501 e. The summed E-state index contributed by atoms with van der Waals surface area (Å²) in [6.45, 7) is 7.22.